The molecule has 3 aromatic rings. The maximum atomic E-state index is 12.7. The van der Waals surface area contributed by atoms with Gasteiger partial charge in [-0.1, -0.05) is 6.07 Å². The van der Waals surface area contributed by atoms with Crippen LogP contribution in [0.4, 0.5) is 5.69 Å². The first-order valence-electron chi connectivity index (χ1n) is 8.46. The number of thiophene rings is 1. The summed E-state index contributed by atoms with van der Waals surface area (Å²) in [7, 11) is -2.21. The Bertz CT molecular complexity index is 1060. The zero-order valence-electron chi connectivity index (χ0n) is 15.4. The van der Waals surface area contributed by atoms with Gasteiger partial charge >= 0.3 is 5.97 Å². The van der Waals surface area contributed by atoms with Crippen LogP contribution in [-0.4, -0.2) is 46.3 Å². The molecule has 1 aromatic carbocycles. The molecule has 3 rings (SSSR count). The van der Waals surface area contributed by atoms with Crippen LogP contribution in [0.15, 0.2) is 39.9 Å². The Kier molecular flexibility index (Phi) is 6.22. The minimum Gasteiger partial charge on any atom is -0.491 e. The average Bonchev–Trinajstić information content (AvgIpc) is 3.32. The predicted octanol–water partition coefficient (Wildman–Crippen LogP) is 3.23. The van der Waals surface area contributed by atoms with Gasteiger partial charge in [0, 0.05) is 18.6 Å². The highest BCUT2D eigenvalue weighted by molar-refractivity contribution is 7.94. The number of carbonyl (C=O) groups excluding carboxylic acids is 1. The molecule has 0 saturated carbocycles. The average molecular weight is 425 g/mol. The van der Waals surface area contributed by atoms with E-state index in [1.807, 2.05) is 0 Å². The number of H-pyrrole nitrogens is 1. The summed E-state index contributed by atoms with van der Waals surface area (Å²) in [6.07, 6.45) is 0. The van der Waals surface area contributed by atoms with Gasteiger partial charge in [0.05, 0.1) is 24.4 Å². The summed E-state index contributed by atoms with van der Waals surface area (Å²) < 4.78 is 43.7. The SMILES string of the molecule is CCOC(=O)c1cc2cc(OCCOC)cc(NS(=O)(=O)c3cccs3)c2[nH]1. The molecule has 2 aromatic heterocycles. The Morgan fingerprint density at radius 2 is 2.07 bits per heavy atom. The van der Waals surface area contributed by atoms with E-state index < -0.39 is 16.0 Å². The highest BCUT2D eigenvalue weighted by Gasteiger charge is 2.20. The standard InChI is InChI=1S/C18H20N2O6S2/c1-3-25-18(21)15-10-12-9-13(26-7-6-24-2)11-14(17(12)19-15)20-28(22,23)16-5-4-8-27-16/h4-5,8-11,19-20H,3,6-7H2,1-2H3. The number of nitrogens with one attached hydrogen (secondary N) is 2. The number of benzene rings is 1. The van der Waals surface area contributed by atoms with Crippen molar-refractivity contribution in [2.24, 2.45) is 0 Å². The molecular weight excluding hydrogens is 404 g/mol. The number of aromatic amines is 1. The number of hydrogen-bond donors (Lipinski definition) is 2. The Hall–Kier alpha value is -2.56. The molecule has 0 fully saturated rings. The maximum Gasteiger partial charge on any atom is 0.354 e. The summed E-state index contributed by atoms with van der Waals surface area (Å²) in [5.41, 5.74) is 0.957. The van der Waals surface area contributed by atoms with Crippen molar-refractivity contribution >= 4 is 43.9 Å². The van der Waals surface area contributed by atoms with Gasteiger partial charge < -0.3 is 19.2 Å². The molecule has 0 aliphatic heterocycles. The molecule has 0 atom stereocenters. The number of rotatable bonds is 9. The molecule has 2 heterocycles. The molecule has 0 saturated heterocycles. The number of methoxy groups -OCH3 is 1. The van der Waals surface area contributed by atoms with Crippen LogP contribution in [0.3, 0.4) is 0 Å². The third kappa shape index (κ3) is 4.46. The van der Waals surface area contributed by atoms with Crippen molar-refractivity contribution in [3.63, 3.8) is 0 Å². The second-order valence-corrected chi connectivity index (χ2v) is 8.57. The lowest BCUT2D eigenvalue weighted by atomic mass is 10.2. The van der Waals surface area contributed by atoms with Crippen molar-refractivity contribution in [2.75, 3.05) is 31.7 Å². The first kappa shape index (κ1) is 20.2. The van der Waals surface area contributed by atoms with Gasteiger partial charge in [-0.15, -0.1) is 11.3 Å². The molecule has 0 aliphatic carbocycles. The van der Waals surface area contributed by atoms with Crippen molar-refractivity contribution < 1.29 is 27.4 Å². The summed E-state index contributed by atoms with van der Waals surface area (Å²) in [4.78, 5) is 15.0. The van der Waals surface area contributed by atoms with Crippen molar-refractivity contribution in [1.82, 2.24) is 4.98 Å². The van der Waals surface area contributed by atoms with E-state index in [1.165, 1.54) is 6.07 Å². The fourth-order valence-corrected chi connectivity index (χ4v) is 4.61. The van der Waals surface area contributed by atoms with Gasteiger partial charge in [-0.2, -0.15) is 0 Å². The largest absolute Gasteiger partial charge is 0.491 e. The number of ether oxygens (including phenoxy) is 3. The molecule has 28 heavy (non-hydrogen) atoms. The second-order valence-electron chi connectivity index (χ2n) is 5.72. The van der Waals surface area contributed by atoms with Crippen LogP contribution < -0.4 is 9.46 Å². The van der Waals surface area contributed by atoms with Gasteiger partial charge in [0.1, 0.15) is 22.3 Å². The minimum atomic E-state index is -3.77. The molecular formula is C18H20N2O6S2. The highest BCUT2D eigenvalue weighted by atomic mass is 32.2. The van der Waals surface area contributed by atoms with Gasteiger partial charge in [-0.05, 0) is 30.5 Å². The van der Waals surface area contributed by atoms with Crippen molar-refractivity contribution in [3.05, 3.63) is 41.4 Å². The summed E-state index contributed by atoms with van der Waals surface area (Å²) in [6.45, 7) is 2.63. The van der Waals surface area contributed by atoms with Crippen LogP contribution in [-0.2, 0) is 19.5 Å². The normalized spacial score (nSPS) is 11.5. The molecule has 0 amide bonds. The summed E-state index contributed by atoms with van der Waals surface area (Å²) in [5, 5.41) is 2.30. The number of anilines is 1. The van der Waals surface area contributed by atoms with E-state index in [0.717, 1.165) is 11.3 Å². The summed E-state index contributed by atoms with van der Waals surface area (Å²) >= 11 is 1.11. The molecule has 0 bridgehead atoms. The van der Waals surface area contributed by atoms with Crippen LogP contribution in [0, 0.1) is 0 Å². The molecule has 0 radical (unpaired) electrons. The minimum absolute atomic E-state index is 0.184. The smallest absolute Gasteiger partial charge is 0.354 e. The van der Waals surface area contributed by atoms with Crippen LogP contribution >= 0.6 is 11.3 Å². The summed E-state index contributed by atoms with van der Waals surface area (Å²) in [6, 6.07) is 8.05. The molecule has 0 aliphatic rings. The third-order valence-electron chi connectivity index (χ3n) is 3.76. The monoisotopic (exact) mass is 424 g/mol. The maximum absolute atomic E-state index is 12.7. The highest BCUT2D eigenvalue weighted by Crippen LogP contribution is 2.32. The molecule has 150 valence electrons. The van der Waals surface area contributed by atoms with E-state index in [9.17, 15) is 13.2 Å². The lowest BCUT2D eigenvalue weighted by molar-refractivity contribution is 0.0520. The van der Waals surface area contributed by atoms with Crippen LogP contribution in [0.2, 0.25) is 0 Å². The zero-order chi connectivity index (χ0) is 20.1. The van der Waals surface area contributed by atoms with Gasteiger partial charge in [0.25, 0.3) is 10.0 Å². The van der Waals surface area contributed by atoms with Crippen LogP contribution in [0.5, 0.6) is 5.75 Å². The van der Waals surface area contributed by atoms with Gasteiger partial charge in [0.2, 0.25) is 0 Å². The molecule has 2 N–H and O–H groups in total. The lowest BCUT2D eigenvalue weighted by Gasteiger charge is -2.11. The number of fused-ring (bicyclic) bond motifs is 1. The van der Waals surface area contributed by atoms with E-state index >= 15 is 0 Å². The second kappa shape index (κ2) is 8.63. The molecule has 0 spiro atoms. The number of esters is 1. The molecule has 0 unspecified atom stereocenters. The number of hydrogen-bond acceptors (Lipinski definition) is 7. The Morgan fingerprint density at radius 1 is 1.25 bits per heavy atom. The third-order valence-corrected chi connectivity index (χ3v) is 6.52. The first-order chi connectivity index (χ1) is 13.4. The lowest BCUT2D eigenvalue weighted by Crippen LogP contribution is -2.12. The molecule has 8 nitrogen and oxygen atoms in total. The summed E-state index contributed by atoms with van der Waals surface area (Å²) in [5.74, 6) is -0.0737. The topological polar surface area (TPSA) is 107 Å². The number of sulfonamides is 1. The first-order valence-corrected chi connectivity index (χ1v) is 10.8. The van der Waals surface area contributed by atoms with Crippen LogP contribution in [0.1, 0.15) is 17.4 Å². The van der Waals surface area contributed by atoms with E-state index in [2.05, 4.69) is 9.71 Å². The fourth-order valence-electron chi connectivity index (χ4n) is 2.55. The number of carbonyl (C=O) groups is 1. The fraction of sp³-hybridized carbons (Fsp3) is 0.278. The van der Waals surface area contributed by atoms with Crippen molar-refractivity contribution in [2.45, 2.75) is 11.1 Å². The van der Waals surface area contributed by atoms with Crippen molar-refractivity contribution in [3.8, 4) is 5.75 Å². The van der Waals surface area contributed by atoms with E-state index in [-0.39, 0.29) is 22.2 Å². The van der Waals surface area contributed by atoms with Gasteiger partial charge in [-0.3, -0.25) is 4.72 Å². The Morgan fingerprint density at radius 3 is 2.75 bits per heavy atom. The van der Waals surface area contributed by atoms with E-state index in [1.54, 1.807) is 43.7 Å². The molecule has 10 heteroatoms. The predicted molar refractivity (Wildman–Crippen MR) is 107 cm³/mol. The Balaban J connectivity index is 2.02. The zero-order valence-corrected chi connectivity index (χ0v) is 17.0. The van der Waals surface area contributed by atoms with E-state index in [4.69, 9.17) is 14.2 Å². The van der Waals surface area contributed by atoms with Gasteiger partial charge in [-0.25, -0.2) is 13.2 Å². The quantitative estimate of drug-likeness (QED) is 0.403. The Labute approximate surface area is 166 Å². The number of aromatic nitrogens is 1. The van der Waals surface area contributed by atoms with Crippen molar-refractivity contribution in [1.29, 1.82) is 0 Å². The van der Waals surface area contributed by atoms with E-state index in [0.29, 0.717) is 29.9 Å². The van der Waals surface area contributed by atoms with Crippen LogP contribution in [0.25, 0.3) is 10.9 Å². The van der Waals surface area contributed by atoms with Gasteiger partial charge in [0.15, 0.2) is 0 Å².